The molecular weight excluding hydrogens is 260 g/mol. The monoisotopic (exact) mass is 282 g/mol. The molecule has 0 aliphatic carbocycles. The number of aromatic nitrogens is 2. The predicted octanol–water partition coefficient (Wildman–Crippen LogP) is 1.64. The van der Waals surface area contributed by atoms with Crippen LogP contribution in [0.3, 0.4) is 0 Å². The third-order valence-corrected chi connectivity index (χ3v) is 4.09. The molecule has 0 saturated carbocycles. The molecule has 2 N–H and O–H groups in total. The first-order valence-corrected chi connectivity index (χ1v) is 7.44. The van der Waals surface area contributed by atoms with Gasteiger partial charge in [-0.25, -0.2) is 0 Å². The molecule has 0 aromatic carbocycles. The second kappa shape index (κ2) is 5.17. The van der Waals surface area contributed by atoms with Crippen LogP contribution in [0.5, 0.6) is 0 Å². The van der Waals surface area contributed by atoms with Gasteiger partial charge in [-0.1, -0.05) is 32.2 Å². The quantitative estimate of drug-likeness (QED) is 0.850. The number of rotatable bonds is 1. The molecule has 2 atom stereocenters. The van der Waals surface area contributed by atoms with E-state index in [9.17, 15) is 4.79 Å². The van der Waals surface area contributed by atoms with Crippen molar-refractivity contribution >= 4 is 17.4 Å². The van der Waals surface area contributed by atoms with E-state index in [1.54, 1.807) is 0 Å². The summed E-state index contributed by atoms with van der Waals surface area (Å²) in [4.78, 5) is 15.1. The molecule has 0 bridgehead atoms. The molecule has 19 heavy (non-hydrogen) atoms. The molecule has 1 aromatic heterocycles. The lowest BCUT2D eigenvalue weighted by Gasteiger charge is -2.34. The molecule has 1 amide bonds. The van der Waals surface area contributed by atoms with E-state index in [2.05, 4.69) is 16.5 Å². The first-order chi connectivity index (χ1) is 8.79. The first kappa shape index (κ1) is 14.4. The minimum absolute atomic E-state index is 0.0296. The summed E-state index contributed by atoms with van der Waals surface area (Å²) < 4.78 is 3.96. The Kier molecular flexibility index (Phi) is 3.92. The van der Waals surface area contributed by atoms with Crippen molar-refractivity contribution in [1.29, 1.82) is 0 Å². The molecule has 0 spiro atoms. The maximum absolute atomic E-state index is 12.6. The van der Waals surface area contributed by atoms with Crippen molar-refractivity contribution in [3.05, 3.63) is 10.6 Å². The Morgan fingerprint density at radius 2 is 2.11 bits per heavy atom. The molecule has 1 aliphatic rings. The van der Waals surface area contributed by atoms with Crippen LogP contribution < -0.4 is 5.73 Å². The molecule has 0 radical (unpaired) electrons. The fraction of sp³-hybridized carbons (Fsp3) is 0.769. The van der Waals surface area contributed by atoms with Crippen molar-refractivity contribution in [2.24, 2.45) is 11.7 Å². The van der Waals surface area contributed by atoms with Crippen LogP contribution in [0.4, 0.5) is 0 Å². The number of nitrogens with two attached hydrogens (primary N) is 1. The highest BCUT2D eigenvalue weighted by atomic mass is 32.1. The Hall–Kier alpha value is -1.01. The van der Waals surface area contributed by atoms with E-state index in [1.807, 2.05) is 25.7 Å². The third kappa shape index (κ3) is 3.12. The smallest absolute Gasteiger partial charge is 0.267 e. The summed E-state index contributed by atoms with van der Waals surface area (Å²) in [6, 6.07) is 0.0756. The first-order valence-electron chi connectivity index (χ1n) is 6.66. The Labute approximate surface area is 118 Å². The summed E-state index contributed by atoms with van der Waals surface area (Å²) in [5, 5.41) is 4.13. The topological polar surface area (TPSA) is 72.1 Å². The Morgan fingerprint density at radius 3 is 2.68 bits per heavy atom. The van der Waals surface area contributed by atoms with Gasteiger partial charge in [-0.15, -0.1) is 5.10 Å². The van der Waals surface area contributed by atoms with E-state index >= 15 is 0 Å². The van der Waals surface area contributed by atoms with Gasteiger partial charge in [-0.2, -0.15) is 0 Å². The molecular formula is C13H22N4OS. The van der Waals surface area contributed by atoms with Crippen LogP contribution in [0.25, 0.3) is 0 Å². The summed E-state index contributed by atoms with van der Waals surface area (Å²) in [6.07, 6.45) is 0.983. The Morgan fingerprint density at radius 1 is 1.42 bits per heavy atom. The van der Waals surface area contributed by atoms with Crippen LogP contribution in [0, 0.1) is 5.92 Å². The van der Waals surface area contributed by atoms with Gasteiger partial charge in [0.15, 0.2) is 0 Å². The summed E-state index contributed by atoms with van der Waals surface area (Å²) in [5.41, 5.74) is 6.63. The second-order valence-corrected chi connectivity index (χ2v) is 7.27. The zero-order valence-electron chi connectivity index (χ0n) is 12.0. The van der Waals surface area contributed by atoms with E-state index in [4.69, 9.17) is 5.73 Å². The SMILES string of the molecule is CC1CC(N)CN(C(=O)c2snnc2C(C)(C)C)C1. The van der Waals surface area contributed by atoms with Crippen molar-refractivity contribution in [1.82, 2.24) is 14.5 Å². The number of carbonyl (C=O) groups is 1. The molecule has 6 heteroatoms. The number of nitrogens with zero attached hydrogens (tertiary/aromatic N) is 3. The van der Waals surface area contributed by atoms with Crippen LogP contribution in [-0.4, -0.2) is 39.5 Å². The fourth-order valence-corrected chi connectivity index (χ4v) is 3.38. The van der Waals surface area contributed by atoms with Crippen LogP contribution in [-0.2, 0) is 5.41 Å². The number of carbonyl (C=O) groups excluding carboxylic acids is 1. The molecule has 106 valence electrons. The highest BCUT2D eigenvalue weighted by Crippen LogP contribution is 2.28. The van der Waals surface area contributed by atoms with Gasteiger partial charge in [0.1, 0.15) is 4.88 Å². The third-order valence-electron chi connectivity index (χ3n) is 3.37. The van der Waals surface area contributed by atoms with Gasteiger partial charge in [-0.05, 0) is 23.9 Å². The van der Waals surface area contributed by atoms with Crippen molar-refractivity contribution < 1.29 is 4.79 Å². The van der Waals surface area contributed by atoms with E-state index in [0.717, 1.165) is 18.7 Å². The summed E-state index contributed by atoms with van der Waals surface area (Å²) in [5.74, 6) is 0.480. The highest BCUT2D eigenvalue weighted by Gasteiger charge is 2.32. The van der Waals surface area contributed by atoms with Crippen LogP contribution in [0.1, 0.15) is 49.5 Å². The van der Waals surface area contributed by atoms with E-state index in [-0.39, 0.29) is 17.4 Å². The minimum atomic E-state index is -0.165. The maximum Gasteiger partial charge on any atom is 0.267 e. The van der Waals surface area contributed by atoms with Gasteiger partial charge >= 0.3 is 0 Å². The lowest BCUT2D eigenvalue weighted by molar-refractivity contribution is 0.0663. The molecule has 2 rings (SSSR count). The van der Waals surface area contributed by atoms with Crippen molar-refractivity contribution in [2.75, 3.05) is 13.1 Å². The molecule has 1 aliphatic heterocycles. The number of piperidine rings is 1. The highest BCUT2D eigenvalue weighted by molar-refractivity contribution is 7.08. The molecule has 2 heterocycles. The predicted molar refractivity (Wildman–Crippen MR) is 76.3 cm³/mol. The minimum Gasteiger partial charge on any atom is -0.336 e. The molecule has 5 nitrogen and oxygen atoms in total. The van der Waals surface area contributed by atoms with Gasteiger partial charge in [0.2, 0.25) is 0 Å². The van der Waals surface area contributed by atoms with Crippen LogP contribution in [0.2, 0.25) is 0 Å². The number of hydrogen-bond donors (Lipinski definition) is 1. The van der Waals surface area contributed by atoms with Gasteiger partial charge in [0, 0.05) is 24.5 Å². The largest absolute Gasteiger partial charge is 0.336 e. The molecule has 1 fully saturated rings. The van der Waals surface area contributed by atoms with Crippen LogP contribution in [0.15, 0.2) is 0 Å². The van der Waals surface area contributed by atoms with Gasteiger partial charge in [0.05, 0.1) is 5.69 Å². The Balaban J connectivity index is 2.23. The normalized spacial score (nSPS) is 24.6. The van der Waals surface area contributed by atoms with E-state index in [0.29, 0.717) is 17.3 Å². The zero-order valence-corrected chi connectivity index (χ0v) is 12.8. The summed E-state index contributed by atoms with van der Waals surface area (Å²) in [7, 11) is 0. The van der Waals surface area contributed by atoms with Gasteiger partial charge in [0.25, 0.3) is 5.91 Å². The fourth-order valence-electron chi connectivity index (χ4n) is 2.53. The maximum atomic E-state index is 12.6. The number of amides is 1. The van der Waals surface area contributed by atoms with Crippen LogP contribution >= 0.6 is 11.5 Å². The number of hydrogen-bond acceptors (Lipinski definition) is 5. The van der Waals surface area contributed by atoms with Gasteiger partial charge in [-0.3, -0.25) is 4.79 Å². The lowest BCUT2D eigenvalue weighted by Crippen LogP contribution is -2.49. The van der Waals surface area contributed by atoms with Crippen molar-refractivity contribution in [3.63, 3.8) is 0 Å². The zero-order chi connectivity index (χ0) is 14.2. The Bertz CT molecular complexity index is 455. The van der Waals surface area contributed by atoms with Crippen molar-refractivity contribution in [2.45, 2.75) is 45.6 Å². The lowest BCUT2D eigenvalue weighted by atomic mass is 9.90. The van der Waals surface area contributed by atoms with Gasteiger partial charge < -0.3 is 10.6 Å². The van der Waals surface area contributed by atoms with E-state index in [1.165, 1.54) is 11.5 Å². The van der Waals surface area contributed by atoms with E-state index < -0.39 is 0 Å². The second-order valence-electron chi connectivity index (χ2n) is 6.51. The number of likely N-dealkylation sites (tertiary alicyclic amines) is 1. The molecule has 1 saturated heterocycles. The summed E-state index contributed by atoms with van der Waals surface area (Å²) >= 11 is 1.19. The standard InChI is InChI=1S/C13H22N4OS/c1-8-5-9(14)7-17(6-8)12(18)10-11(13(2,3)4)15-16-19-10/h8-9H,5-7,14H2,1-4H3. The molecule has 2 unspecified atom stereocenters. The van der Waals surface area contributed by atoms with Crippen molar-refractivity contribution in [3.8, 4) is 0 Å². The average molecular weight is 282 g/mol. The summed E-state index contributed by atoms with van der Waals surface area (Å²) in [6.45, 7) is 9.68. The molecule has 1 aromatic rings. The average Bonchev–Trinajstić information content (AvgIpc) is 2.74.